The van der Waals surface area contributed by atoms with Gasteiger partial charge in [0.05, 0.1) is 23.4 Å². The highest BCUT2D eigenvalue weighted by Crippen LogP contribution is 2.41. The molecule has 0 fully saturated rings. The third-order valence-electron chi connectivity index (χ3n) is 7.19. The molecule has 2 aromatic carbocycles. The van der Waals surface area contributed by atoms with Crippen LogP contribution in [0, 0.1) is 16.0 Å². The smallest absolute Gasteiger partial charge is 0.294 e. The fourth-order valence-electron chi connectivity index (χ4n) is 5.15. The van der Waals surface area contributed by atoms with E-state index in [1.807, 2.05) is 49.1 Å². The van der Waals surface area contributed by atoms with E-state index >= 15 is 0 Å². The number of ether oxygens (including phenoxy) is 1. The van der Waals surface area contributed by atoms with Crippen molar-refractivity contribution in [3.8, 4) is 5.75 Å². The average molecular weight is 545 g/mol. The second kappa shape index (κ2) is 12.7. The zero-order valence-electron chi connectivity index (χ0n) is 23.7. The van der Waals surface area contributed by atoms with Gasteiger partial charge in [0.2, 0.25) is 5.95 Å². The van der Waals surface area contributed by atoms with Gasteiger partial charge in [-0.1, -0.05) is 37.6 Å². The lowest BCUT2D eigenvalue weighted by molar-refractivity contribution is -0.384. The number of carbonyl (C=O) groups is 1. The lowest BCUT2D eigenvalue weighted by atomic mass is 9.76. The minimum absolute atomic E-state index is 0.0599. The number of nitro groups is 1. The predicted octanol–water partition coefficient (Wildman–Crippen LogP) is 5.11. The van der Waals surface area contributed by atoms with Crippen LogP contribution in [0.25, 0.3) is 5.57 Å². The average Bonchev–Trinajstić information content (AvgIpc) is 2.95. The van der Waals surface area contributed by atoms with Crippen LogP contribution in [0.5, 0.6) is 5.75 Å². The van der Waals surface area contributed by atoms with Gasteiger partial charge < -0.3 is 19.9 Å². The number of allylic oxidation sites excluding steroid dienone is 1. The van der Waals surface area contributed by atoms with Crippen molar-refractivity contribution in [1.29, 1.82) is 0 Å². The predicted molar refractivity (Wildman–Crippen MR) is 157 cm³/mol. The summed E-state index contributed by atoms with van der Waals surface area (Å²) in [5.41, 5.74) is 5.08. The first-order valence-corrected chi connectivity index (χ1v) is 13.4. The van der Waals surface area contributed by atoms with E-state index in [2.05, 4.69) is 23.3 Å². The highest BCUT2D eigenvalue weighted by Gasteiger charge is 2.28. The largest absolute Gasteiger partial charge is 0.494 e. The third kappa shape index (κ3) is 6.12. The molecule has 10 nitrogen and oxygen atoms in total. The normalized spacial score (nSPS) is 14.6. The number of rotatable bonds is 12. The molecule has 40 heavy (non-hydrogen) atoms. The van der Waals surface area contributed by atoms with Crippen LogP contribution in [0.4, 0.5) is 23.0 Å². The first-order valence-electron chi connectivity index (χ1n) is 13.4. The van der Waals surface area contributed by atoms with Gasteiger partial charge in [-0.15, -0.1) is 0 Å². The Morgan fingerprint density at radius 3 is 2.62 bits per heavy atom. The molecule has 0 aliphatic heterocycles. The zero-order valence-corrected chi connectivity index (χ0v) is 23.7. The fourth-order valence-corrected chi connectivity index (χ4v) is 5.15. The molecule has 10 heteroatoms. The van der Waals surface area contributed by atoms with Gasteiger partial charge in [0.1, 0.15) is 17.7 Å². The fraction of sp³-hybridized carbons (Fsp3) is 0.367. The molecule has 3 aromatic rings. The Morgan fingerprint density at radius 2 is 1.95 bits per heavy atom. The Morgan fingerprint density at radius 1 is 1.18 bits per heavy atom. The van der Waals surface area contributed by atoms with Gasteiger partial charge in [0, 0.05) is 49.6 Å². The van der Waals surface area contributed by atoms with Crippen LogP contribution in [0.2, 0.25) is 0 Å². The molecule has 0 saturated carbocycles. The molecule has 4 rings (SSSR count). The number of aldehydes is 1. The van der Waals surface area contributed by atoms with Crippen molar-refractivity contribution in [2.45, 2.75) is 26.2 Å². The van der Waals surface area contributed by atoms with Crippen LogP contribution in [0.3, 0.4) is 0 Å². The van der Waals surface area contributed by atoms with Gasteiger partial charge in [-0.3, -0.25) is 14.9 Å². The summed E-state index contributed by atoms with van der Waals surface area (Å²) in [7, 11) is 7.24. The molecule has 210 valence electrons. The van der Waals surface area contributed by atoms with E-state index in [9.17, 15) is 14.9 Å². The number of benzene rings is 2. The SMILES string of the molecule is CCCC1Cc2ccccc2C(c2ccnc(Nc3cc([N+](=O)[O-])c(N(C)CCN(C)C)cc3OC)n2)=C1C=O. The van der Waals surface area contributed by atoms with Gasteiger partial charge in [0.25, 0.3) is 5.69 Å². The number of likely N-dealkylation sites (N-methyl/N-ethyl adjacent to an activating group) is 2. The number of nitro benzene ring substituents is 1. The quantitative estimate of drug-likeness (QED) is 0.189. The molecule has 1 aromatic heterocycles. The van der Waals surface area contributed by atoms with E-state index in [-0.39, 0.29) is 17.6 Å². The van der Waals surface area contributed by atoms with Crippen LogP contribution >= 0.6 is 0 Å². The Hall–Kier alpha value is -4.31. The van der Waals surface area contributed by atoms with Gasteiger partial charge in [-0.25, -0.2) is 9.97 Å². The Kier molecular flexibility index (Phi) is 9.11. The summed E-state index contributed by atoms with van der Waals surface area (Å²) < 4.78 is 5.60. The molecular formula is C30H36N6O4. The number of nitrogens with zero attached hydrogens (tertiary/aromatic N) is 5. The molecular weight excluding hydrogens is 508 g/mol. The van der Waals surface area contributed by atoms with Crippen molar-refractivity contribution in [1.82, 2.24) is 14.9 Å². The molecule has 1 atom stereocenters. The van der Waals surface area contributed by atoms with Gasteiger partial charge in [0.15, 0.2) is 0 Å². The first kappa shape index (κ1) is 28.7. The van der Waals surface area contributed by atoms with E-state index in [1.165, 1.54) is 18.7 Å². The molecule has 0 amide bonds. The molecule has 1 heterocycles. The maximum atomic E-state index is 12.4. The topological polar surface area (TPSA) is 114 Å². The molecule has 0 saturated heterocycles. The van der Waals surface area contributed by atoms with Gasteiger partial charge in [-0.2, -0.15) is 0 Å². The number of nitrogens with one attached hydrogen (secondary N) is 1. The monoisotopic (exact) mass is 544 g/mol. The van der Waals surface area contributed by atoms with Crippen molar-refractivity contribution in [2.24, 2.45) is 5.92 Å². The van der Waals surface area contributed by atoms with Crippen LogP contribution in [0.15, 0.2) is 54.2 Å². The van der Waals surface area contributed by atoms with Gasteiger partial charge >= 0.3 is 0 Å². The molecule has 1 N–H and O–H groups in total. The lowest BCUT2D eigenvalue weighted by Gasteiger charge is -2.28. The minimum atomic E-state index is -0.405. The number of hydrogen-bond donors (Lipinski definition) is 1. The summed E-state index contributed by atoms with van der Waals surface area (Å²) in [5, 5.41) is 15.1. The van der Waals surface area contributed by atoms with E-state index in [1.54, 1.807) is 18.3 Å². The van der Waals surface area contributed by atoms with Crippen molar-refractivity contribution in [2.75, 3.05) is 51.6 Å². The van der Waals surface area contributed by atoms with E-state index in [0.717, 1.165) is 48.8 Å². The summed E-state index contributed by atoms with van der Waals surface area (Å²) >= 11 is 0. The van der Waals surface area contributed by atoms with E-state index in [4.69, 9.17) is 9.72 Å². The Bertz CT molecular complexity index is 1420. The highest BCUT2D eigenvalue weighted by molar-refractivity contribution is 5.96. The van der Waals surface area contributed by atoms with Crippen LogP contribution in [-0.2, 0) is 11.2 Å². The second-order valence-corrected chi connectivity index (χ2v) is 10.2. The lowest BCUT2D eigenvalue weighted by Crippen LogP contribution is -2.29. The first-order chi connectivity index (χ1) is 19.3. The maximum Gasteiger partial charge on any atom is 0.294 e. The zero-order chi connectivity index (χ0) is 28.8. The van der Waals surface area contributed by atoms with E-state index in [0.29, 0.717) is 29.4 Å². The number of methoxy groups -OCH3 is 1. The summed E-state index contributed by atoms with van der Waals surface area (Å²) in [6, 6.07) is 13.0. The molecule has 1 unspecified atom stereocenters. The summed E-state index contributed by atoms with van der Waals surface area (Å²) in [6.45, 7) is 3.45. The minimum Gasteiger partial charge on any atom is -0.494 e. The number of hydrogen-bond acceptors (Lipinski definition) is 9. The van der Waals surface area contributed by atoms with E-state index < -0.39 is 4.92 Å². The molecule has 1 aliphatic carbocycles. The van der Waals surface area contributed by atoms with Crippen molar-refractivity contribution < 1.29 is 14.5 Å². The van der Waals surface area contributed by atoms with Crippen LogP contribution in [0.1, 0.15) is 36.6 Å². The van der Waals surface area contributed by atoms with Crippen molar-refractivity contribution in [3.63, 3.8) is 0 Å². The third-order valence-corrected chi connectivity index (χ3v) is 7.19. The van der Waals surface area contributed by atoms with Gasteiger partial charge in [-0.05, 0) is 50.0 Å². The molecule has 0 spiro atoms. The van der Waals surface area contributed by atoms with Crippen LogP contribution < -0.4 is 15.0 Å². The summed E-state index contributed by atoms with van der Waals surface area (Å²) in [4.78, 5) is 37.0. The molecule has 0 radical (unpaired) electrons. The maximum absolute atomic E-state index is 12.4. The summed E-state index contributed by atoms with van der Waals surface area (Å²) in [5.74, 6) is 0.773. The Balaban J connectivity index is 1.75. The van der Waals surface area contributed by atoms with Crippen molar-refractivity contribution >= 4 is 34.9 Å². The highest BCUT2D eigenvalue weighted by atomic mass is 16.6. The number of anilines is 3. The van der Waals surface area contributed by atoms with Crippen LogP contribution in [-0.4, -0.2) is 67.4 Å². The van der Waals surface area contributed by atoms with Crippen molar-refractivity contribution in [3.05, 3.63) is 81.2 Å². The summed E-state index contributed by atoms with van der Waals surface area (Å²) in [6.07, 6.45) is 5.26. The molecule has 0 bridgehead atoms. The second-order valence-electron chi connectivity index (χ2n) is 10.2. The number of aromatic nitrogens is 2. The number of carbonyl (C=O) groups excluding carboxylic acids is 1. The number of fused-ring (bicyclic) bond motifs is 1. The Labute approximate surface area is 234 Å². The standard InChI is InChI=1S/C30H36N6O4/c1-6-9-20-16-21-10-7-8-11-22(21)29(23(20)19-37)24-12-13-31-30(32-24)33-25-17-27(36(38)39)26(18-28(25)40-5)35(4)15-14-34(2)3/h7-8,10-13,17-20H,6,9,14-16H2,1-5H3,(H,31,32,33). The molecule has 1 aliphatic rings.